The summed E-state index contributed by atoms with van der Waals surface area (Å²) in [7, 11) is 1.68. The standard InChI is InChI=1S/C15H21N5O2S/c1-11-12(17-15-18-13(19-23-15)5-8-21-2)3-4-14(16-11)20-6-9-22-10-7-20/h3-4H,5-10H2,1-2H3,(H,17,18,19). The third kappa shape index (κ3) is 4.15. The number of nitrogens with one attached hydrogen (secondary N) is 1. The molecule has 23 heavy (non-hydrogen) atoms. The van der Waals surface area contributed by atoms with Crippen molar-refractivity contribution in [3.05, 3.63) is 23.7 Å². The van der Waals surface area contributed by atoms with Crippen LogP contribution in [0.2, 0.25) is 0 Å². The molecule has 1 aliphatic heterocycles. The fraction of sp³-hybridized carbons (Fsp3) is 0.533. The number of hydrogen-bond acceptors (Lipinski definition) is 8. The lowest BCUT2D eigenvalue weighted by atomic mass is 10.3. The Morgan fingerprint density at radius 1 is 1.30 bits per heavy atom. The van der Waals surface area contributed by atoms with Gasteiger partial charge in [-0.1, -0.05) is 0 Å². The number of ether oxygens (including phenoxy) is 2. The smallest absolute Gasteiger partial charge is 0.207 e. The Kier molecular flexibility index (Phi) is 5.37. The van der Waals surface area contributed by atoms with Crippen LogP contribution in [0.25, 0.3) is 0 Å². The van der Waals surface area contributed by atoms with E-state index in [0.717, 1.165) is 60.9 Å². The molecule has 0 aromatic carbocycles. The zero-order chi connectivity index (χ0) is 16.1. The third-order valence-electron chi connectivity index (χ3n) is 3.65. The fourth-order valence-corrected chi connectivity index (χ4v) is 2.99. The van der Waals surface area contributed by atoms with Gasteiger partial charge in [-0.2, -0.15) is 4.37 Å². The minimum Gasteiger partial charge on any atom is -0.384 e. The summed E-state index contributed by atoms with van der Waals surface area (Å²) in [5.41, 5.74) is 1.90. The predicted molar refractivity (Wildman–Crippen MR) is 90.8 cm³/mol. The zero-order valence-corrected chi connectivity index (χ0v) is 14.2. The molecule has 1 N–H and O–H groups in total. The van der Waals surface area contributed by atoms with Gasteiger partial charge in [0.15, 0.2) is 0 Å². The van der Waals surface area contributed by atoms with E-state index in [1.165, 1.54) is 11.5 Å². The number of morpholine rings is 1. The number of aryl methyl sites for hydroxylation is 1. The second-order valence-corrected chi connectivity index (χ2v) is 6.04. The van der Waals surface area contributed by atoms with Crippen molar-refractivity contribution in [1.82, 2.24) is 14.3 Å². The lowest BCUT2D eigenvalue weighted by Crippen LogP contribution is -2.36. The summed E-state index contributed by atoms with van der Waals surface area (Å²) >= 11 is 1.35. The summed E-state index contributed by atoms with van der Waals surface area (Å²) in [6.45, 7) is 5.92. The first-order valence-electron chi connectivity index (χ1n) is 7.65. The number of nitrogens with zero attached hydrogens (tertiary/aromatic N) is 4. The highest BCUT2D eigenvalue weighted by Gasteiger charge is 2.14. The molecule has 2 aromatic rings. The highest BCUT2D eigenvalue weighted by Crippen LogP contribution is 2.24. The molecule has 0 bridgehead atoms. The average molecular weight is 335 g/mol. The number of pyridine rings is 1. The van der Waals surface area contributed by atoms with Gasteiger partial charge in [-0.3, -0.25) is 0 Å². The van der Waals surface area contributed by atoms with Crippen LogP contribution in [0.4, 0.5) is 16.6 Å². The van der Waals surface area contributed by atoms with E-state index in [2.05, 4.69) is 19.6 Å². The molecule has 0 amide bonds. The van der Waals surface area contributed by atoms with E-state index in [1.807, 2.05) is 19.1 Å². The van der Waals surface area contributed by atoms with Gasteiger partial charge >= 0.3 is 0 Å². The maximum absolute atomic E-state index is 5.38. The van der Waals surface area contributed by atoms with Crippen molar-refractivity contribution >= 4 is 28.2 Å². The molecule has 0 radical (unpaired) electrons. The summed E-state index contributed by atoms with van der Waals surface area (Å²) in [5.74, 6) is 1.80. The zero-order valence-electron chi connectivity index (χ0n) is 13.4. The molecule has 0 atom stereocenters. The second kappa shape index (κ2) is 7.67. The van der Waals surface area contributed by atoms with E-state index in [1.54, 1.807) is 7.11 Å². The molecule has 8 heteroatoms. The van der Waals surface area contributed by atoms with Crippen LogP contribution in [0.5, 0.6) is 0 Å². The first-order valence-corrected chi connectivity index (χ1v) is 8.42. The van der Waals surface area contributed by atoms with Crippen LogP contribution in [-0.4, -0.2) is 54.4 Å². The van der Waals surface area contributed by atoms with Crippen LogP contribution in [-0.2, 0) is 15.9 Å². The molecule has 0 spiro atoms. The Labute approximate surface area is 139 Å². The molecular weight excluding hydrogens is 314 g/mol. The van der Waals surface area contributed by atoms with Crippen LogP contribution >= 0.6 is 11.5 Å². The van der Waals surface area contributed by atoms with E-state index < -0.39 is 0 Å². The van der Waals surface area contributed by atoms with Crippen molar-refractivity contribution in [2.24, 2.45) is 0 Å². The van der Waals surface area contributed by atoms with Crippen molar-refractivity contribution in [2.75, 3.05) is 50.2 Å². The van der Waals surface area contributed by atoms with E-state index >= 15 is 0 Å². The lowest BCUT2D eigenvalue weighted by Gasteiger charge is -2.28. The quantitative estimate of drug-likeness (QED) is 0.865. The Morgan fingerprint density at radius 2 is 2.13 bits per heavy atom. The molecule has 0 aliphatic carbocycles. The number of methoxy groups -OCH3 is 1. The molecule has 1 saturated heterocycles. The number of rotatable bonds is 6. The van der Waals surface area contributed by atoms with Crippen molar-refractivity contribution in [2.45, 2.75) is 13.3 Å². The maximum Gasteiger partial charge on any atom is 0.207 e. The largest absolute Gasteiger partial charge is 0.384 e. The third-order valence-corrected chi connectivity index (χ3v) is 4.31. The van der Waals surface area contributed by atoms with E-state index in [9.17, 15) is 0 Å². The molecular formula is C15H21N5O2S. The molecule has 2 aromatic heterocycles. The van der Waals surface area contributed by atoms with Gasteiger partial charge in [0.05, 0.1) is 31.2 Å². The maximum atomic E-state index is 5.38. The number of hydrogen-bond donors (Lipinski definition) is 1. The summed E-state index contributed by atoms with van der Waals surface area (Å²) < 4.78 is 14.7. The first-order chi connectivity index (χ1) is 11.3. The summed E-state index contributed by atoms with van der Waals surface area (Å²) in [6, 6.07) is 4.08. The predicted octanol–water partition coefficient (Wildman–Crippen LogP) is 2.01. The Morgan fingerprint density at radius 3 is 2.87 bits per heavy atom. The SMILES string of the molecule is COCCc1nsc(Nc2ccc(N3CCOCC3)nc2C)n1. The molecule has 124 valence electrons. The fourth-order valence-electron chi connectivity index (χ4n) is 2.36. The molecule has 7 nitrogen and oxygen atoms in total. The van der Waals surface area contributed by atoms with Gasteiger partial charge < -0.3 is 19.7 Å². The molecule has 0 saturated carbocycles. The van der Waals surface area contributed by atoms with Crippen LogP contribution in [0.1, 0.15) is 11.5 Å². The van der Waals surface area contributed by atoms with E-state index in [4.69, 9.17) is 14.5 Å². The molecule has 3 heterocycles. The van der Waals surface area contributed by atoms with E-state index in [0.29, 0.717) is 6.61 Å². The van der Waals surface area contributed by atoms with Gasteiger partial charge in [0.1, 0.15) is 11.6 Å². The summed E-state index contributed by atoms with van der Waals surface area (Å²) in [4.78, 5) is 11.4. The number of aromatic nitrogens is 3. The van der Waals surface area contributed by atoms with E-state index in [-0.39, 0.29) is 0 Å². The molecule has 1 aliphatic rings. The second-order valence-electron chi connectivity index (χ2n) is 5.29. The lowest BCUT2D eigenvalue weighted by molar-refractivity contribution is 0.122. The highest BCUT2D eigenvalue weighted by atomic mass is 32.1. The summed E-state index contributed by atoms with van der Waals surface area (Å²) in [5, 5.41) is 4.08. The van der Waals surface area contributed by atoms with Gasteiger partial charge in [0.2, 0.25) is 5.13 Å². The molecule has 3 rings (SSSR count). The highest BCUT2D eigenvalue weighted by molar-refractivity contribution is 7.09. The topological polar surface area (TPSA) is 72.4 Å². The Balaban J connectivity index is 1.67. The first kappa shape index (κ1) is 16.1. The van der Waals surface area contributed by atoms with Crippen LogP contribution in [0.15, 0.2) is 12.1 Å². The minimum atomic E-state index is 0.630. The summed E-state index contributed by atoms with van der Waals surface area (Å²) in [6.07, 6.45) is 0.724. The Hall–Kier alpha value is -1.77. The van der Waals surface area contributed by atoms with Gasteiger partial charge in [-0.15, -0.1) is 0 Å². The van der Waals surface area contributed by atoms with Crippen molar-refractivity contribution in [3.63, 3.8) is 0 Å². The van der Waals surface area contributed by atoms with Gasteiger partial charge in [0, 0.05) is 38.2 Å². The van der Waals surface area contributed by atoms with Crippen molar-refractivity contribution in [1.29, 1.82) is 0 Å². The van der Waals surface area contributed by atoms with Gasteiger partial charge in [-0.05, 0) is 19.1 Å². The minimum absolute atomic E-state index is 0.630. The van der Waals surface area contributed by atoms with Gasteiger partial charge in [0.25, 0.3) is 0 Å². The van der Waals surface area contributed by atoms with Crippen LogP contribution in [0, 0.1) is 6.92 Å². The monoisotopic (exact) mass is 335 g/mol. The average Bonchev–Trinajstić information content (AvgIpc) is 3.03. The normalized spacial score (nSPS) is 15.0. The molecule has 1 fully saturated rings. The Bertz CT molecular complexity index is 643. The van der Waals surface area contributed by atoms with Crippen LogP contribution in [0.3, 0.4) is 0 Å². The molecule has 0 unspecified atom stereocenters. The van der Waals surface area contributed by atoms with Crippen LogP contribution < -0.4 is 10.2 Å². The van der Waals surface area contributed by atoms with Crippen molar-refractivity contribution in [3.8, 4) is 0 Å². The number of anilines is 3. The van der Waals surface area contributed by atoms with Crippen molar-refractivity contribution < 1.29 is 9.47 Å². The van der Waals surface area contributed by atoms with Gasteiger partial charge in [-0.25, -0.2) is 9.97 Å².